The highest BCUT2D eigenvalue weighted by Gasteiger charge is 2.27. The van der Waals surface area contributed by atoms with Crippen molar-refractivity contribution in [2.24, 2.45) is 5.92 Å². The van der Waals surface area contributed by atoms with Gasteiger partial charge in [-0.25, -0.2) is 19.5 Å². The molecule has 0 N–H and O–H groups in total. The highest BCUT2D eigenvalue weighted by Crippen LogP contribution is 2.48. The lowest BCUT2D eigenvalue weighted by Gasteiger charge is -2.19. The van der Waals surface area contributed by atoms with Crippen molar-refractivity contribution >= 4 is 30.4 Å². The van der Waals surface area contributed by atoms with Gasteiger partial charge in [-0.2, -0.15) is 0 Å². The molecule has 0 radical (unpaired) electrons. The zero-order valence-electron chi connectivity index (χ0n) is 15.0. The van der Waals surface area contributed by atoms with Crippen LogP contribution in [-0.4, -0.2) is 45.2 Å². The summed E-state index contributed by atoms with van der Waals surface area (Å²) in [5.74, 6) is 3.15. The quantitative estimate of drug-likeness (QED) is 0.299. The summed E-state index contributed by atoms with van der Waals surface area (Å²) in [5.41, 5.74) is 1.07. The van der Waals surface area contributed by atoms with Crippen molar-refractivity contribution in [3.8, 4) is 12.0 Å². The normalized spacial score (nSPS) is 19.4. The van der Waals surface area contributed by atoms with Crippen LogP contribution in [0, 0.1) is 17.9 Å². The molecule has 2 heterocycles. The van der Waals surface area contributed by atoms with Gasteiger partial charge in [0.15, 0.2) is 10.8 Å². The van der Waals surface area contributed by atoms with Gasteiger partial charge in [-0.15, -0.1) is 0 Å². The summed E-state index contributed by atoms with van der Waals surface area (Å²) in [4.78, 5) is 12.2. The molecule has 3 rings (SSSR count). The molecule has 144 valence electrons. The van der Waals surface area contributed by atoms with Crippen LogP contribution in [0.3, 0.4) is 0 Å². The summed E-state index contributed by atoms with van der Waals surface area (Å²) >= 11 is 5.99. The molecule has 0 saturated carbocycles. The molecule has 2 aromatic heterocycles. The fourth-order valence-electron chi connectivity index (χ4n) is 2.63. The van der Waals surface area contributed by atoms with Crippen LogP contribution in [0.5, 0.6) is 0 Å². The Morgan fingerprint density at radius 2 is 2.04 bits per heavy atom. The molecular weight excluding hydrogens is 391 g/mol. The molecule has 0 aliphatic heterocycles. The number of imidazole rings is 1. The molecule has 8 nitrogen and oxygen atoms in total. The molecule has 0 saturated heterocycles. The van der Waals surface area contributed by atoms with Crippen molar-refractivity contribution in [1.82, 2.24) is 19.5 Å². The largest absolute Gasteiger partial charge is 0.361 e. The van der Waals surface area contributed by atoms with E-state index in [4.69, 9.17) is 25.4 Å². The zero-order chi connectivity index (χ0) is 19.3. The second-order valence-electron chi connectivity index (χ2n) is 5.72. The second-order valence-corrected chi connectivity index (χ2v) is 8.07. The highest BCUT2D eigenvalue weighted by molar-refractivity contribution is 7.53. The van der Waals surface area contributed by atoms with Crippen molar-refractivity contribution in [2.45, 2.75) is 26.4 Å². The van der Waals surface area contributed by atoms with Crippen LogP contribution in [0.15, 0.2) is 24.8 Å². The van der Waals surface area contributed by atoms with Gasteiger partial charge >= 0.3 is 7.60 Å². The third-order valence-electron chi connectivity index (χ3n) is 3.80. The molecule has 0 bridgehead atoms. The summed E-state index contributed by atoms with van der Waals surface area (Å²) in [6.45, 7) is 4.15. The van der Waals surface area contributed by atoms with Crippen LogP contribution < -0.4 is 0 Å². The van der Waals surface area contributed by atoms with E-state index in [1.165, 1.54) is 6.33 Å². The van der Waals surface area contributed by atoms with E-state index in [1.807, 2.05) is 12.2 Å². The number of halogens is 1. The van der Waals surface area contributed by atoms with E-state index in [-0.39, 0.29) is 18.4 Å². The van der Waals surface area contributed by atoms with Crippen LogP contribution in [0.4, 0.5) is 0 Å². The van der Waals surface area contributed by atoms with E-state index in [1.54, 1.807) is 24.7 Å². The molecule has 27 heavy (non-hydrogen) atoms. The zero-order valence-corrected chi connectivity index (χ0v) is 16.7. The topological polar surface area (TPSA) is 88.4 Å². The first kappa shape index (κ1) is 20.0. The summed E-state index contributed by atoms with van der Waals surface area (Å²) in [6.07, 6.45) is 7.20. The Labute approximate surface area is 162 Å². The number of hydrogen-bond acceptors (Lipinski definition) is 7. The molecule has 1 aliphatic carbocycles. The Hall–Kier alpha value is -1.75. The fourth-order valence-corrected chi connectivity index (χ4v) is 4.19. The van der Waals surface area contributed by atoms with E-state index in [9.17, 15) is 4.57 Å². The average Bonchev–Trinajstić information content (AvgIpc) is 3.26. The minimum absolute atomic E-state index is 0.00308. The van der Waals surface area contributed by atoms with Gasteiger partial charge in [-0.1, -0.05) is 29.7 Å². The summed E-state index contributed by atoms with van der Waals surface area (Å²) in [6, 6.07) is 3.01. The lowest BCUT2D eigenvalue weighted by Crippen LogP contribution is -2.12. The Morgan fingerprint density at radius 3 is 2.78 bits per heavy atom. The number of ether oxygens (including phenoxy) is 1. The first-order valence-electron chi connectivity index (χ1n) is 8.57. The van der Waals surface area contributed by atoms with Crippen LogP contribution in [0.25, 0.3) is 11.2 Å². The van der Waals surface area contributed by atoms with Crippen molar-refractivity contribution in [2.75, 3.05) is 19.6 Å². The van der Waals surface area contributed by atoms with E-state index in [2.05, 4.69) is 26.9 Å². The Bertz CT molecular complexity index is 926. The Balaban J connectivity index is 1.59. The number of hydrogen-bond donors (Lipinski definition) is 0. The summed E-state index contributed by atoms with van der Waals surface area (Å²) in [5, 5.41) is 0.294. The van der Waals surface area contributed by atoms with Gasteiger partial charge in [0, 0.05) is 12.0 Å². The van der Waals surface area contributed by atoms with Crippen molar-refractivity contribution in [1.29, 1.82) is 0 Å². The summed E-state index contributed by atoms with van der Waals surface area (Å²) in [7, 11) is -3.21. The predicted octanol–water partition coefficient (Wildman–Crippen LogP) is 3.47. The monoisotopic (exact) mass is 410 g/mol. The second kappa shape index (κ2) is 8.96. The van der Waals surface area contributed by atoms with Crippen molar-refractivity contribution < 1.29 is 18.3 Å². The molecule has 10 heteroatoms. The van der Waals surface area contributed by atoms with Crippen molar-refractivity contribution in [3.63, 3.8) is 0 Å². The maximum Gasteiger partial charge on any atom is 0.356 e. The standard InChI is InChI=1S/C17H20ClN4O4P/c1-3-25-27(23,26-4-2)12-24-14-6-5-13(9-14)7-8-22-11-21-15-16(18)19-10-20-17(15)22/h5-6,10-11,13-14H,3-4,9,12H2,1-2H3/t13-,14-/m1/s1. The number of rotatable bonds is 7. The highest BCUT2D eigenvalue weighted by atomic mass is 35.5. The van der Waals surface area contributed by atoms with Gasteiger partial charge < -0.3 is 13.8 Å². The first-order valence-corrected chi connectivity index (χ1v) is 10.7. The lowest BCUT2D eigenvalue weighted by molar-refractivity contribution is 0.0916. The van der Waals surface area contributed by atoms with Crippen LogP contribution in [-0.2, 0) is 18.3 Å². The average molecular weight is 411 g/mol. The van der Waals surface area contributed by atoms with Gasteiger partial charge in [0.25, 0.3) is 0 Å². The SMILES string of the molecule is CCOP(=O)(CO[C@@H]1C=C[C@H](C#Cn2cnc3c(Cl)ncnc32)C1)OCC. The van der Waals surface area contributed by atoms with Gasteiger partial charge in [0.1, 0.15) is 24.5 Å². The number of allylic oxidation sites excluding steroid dienone is 1. The first-order chi connectivity index (χ1) is 13.0. The van der Waals surface area contributed by atoms with Crippen LogP contribution >= 0.6 is 19.2 Å². The molecule has 0 spiro atoms. The number of fused-ring (bicyclic) bond motifs is 1. The minimum atomic E-state index is -3.21. The molecule has 0 aromatic carbocycles. The lowest BCUT2D eigenvalue weighted by atomic mass is 10.1. The molecular formula is C17H20ClN4O4P. The van der Waals surface area contributed by atoms with Gasteiger partial charge in [0.05, 0.1) is 19.3 Å². The third-order valence-corrected chi connectivity index (χ3v) is 5.85. The van der Waals surface area contributed by atoms with E-state index in [0.717, 1.165) is 0 Å². The summed E-state index contributed by atoms with van der Waals surface area (Å²) < 4.78 is 30.2. The van der Waals surface area contributed by atoms with Gasteiger partial charge in [-0.05, 0) is 20.3 Å². The van der Waals surface area contributed by atoms with Crippen molar-refractivity contribution in [3.05, 3.63) is 30.0 Å². The van der Waals surface area contributed by atoms with Gasteiger partial charge in [-0.3, -0.25) is 4.57 Å². The van der Waals surface area contributed by atoms with Crippen LogP contribution in [0.2, 0.25) is 5.15 Å². The van der Waals surface area contributed by atoms with E-state index < -0.39 is 7.60 Å². The minimum Gasteiger partial charge on any atom is -0.361 e. The maximum absolute atomic E-state index is 12.4. The maximum atomic E-state index is 12.4. The van der Waals surface area contributed by atoms with Gasteiger partial charge in [0.2, 0.25) is 0 Å². The van der Waals surface area contributed by atoms with E-state index in [0.29, 0.717) is 36.0 Å². The molecule has 2 aromatic rings. The molecule has 0 amide bonds. The fraction of sp³-hybridized carbons (Fsp3) is 0.471. The molecule has 1 aliphatic rings. The van der Waals surface area contributed by atoms with E-state index >= 15 is 0 Å². The Kier molecular flexibility index (Phi) is 6.64. The number of nitrogens with zero attached hydrogens (tertiary/aromatic N) is 4. The predicted molar refractivity (Wildman–Crippen MR) is 101 cm³/mol. The van der Waals surface area contributed by atoms with Crippen LogP contribution in [0.1, 0.15) is 20.3 Å². The third kappa shape index (κ3) is 4.95. The smallest absolute Gasteiger partial charge is 0.356 e. The molecule has 0 unspecified atom stereocenters. The number of aromatic nitrogens is 4. The Morgan fingerprint density at radius 1 is 1.26 bits per heavy atom. The molecule has 2 atom stereocenters. The molecule has 0 fully saturated rings.